The number of nitriles is 1. The van der Waals surface area contributed by atoms with Gasteiger partial charge < -0.3 is 9.80 Å². The van der Waals surface area contributed by atoms with Gasteiger partial charge in [0.15, 0.2) is 11.5 Å². The van der Waals surface area contributed by atoms with Crippen LogP contribution in [0.2, 0.25) is 0 Å². The van der Waals surface area contributed by atoms with E-state index >= 15 is 0 Å². The van der Waals surface area contributed by atoms with Gasteiger partial charge in [-0.25, -0.2) is 8.78 Å². The SMILES string of the molecule is CC1(c2ccc(C(F)(F)C(=O)N3CCN(c4ccc(C#N)nn4)CC3)cc2)CC1(F)F. The Labute approximate surface area is 176 Å². The number of rotatable bonds is 4. The van der Waals surface area contributed by atoms with Gasteiger partial charge in [0.05, 0.1) is 5.41 Å². The summed E-state index contributed by atoms with van der Waals surface area (Å²) in [6, 6.07) is 9.59. The van der Waals surface area contributed by atoms with Crippen molar-refractivity contribution in [2.75, 3.05) is 31.1 Å². The number of carbonyl (C=O) groups excluding carboxylic acids is 1. The molecule has 1 aliphatic heterocycles. The number of hydrogen-bond acceptors (Lipinski definition) is 5. The van der Waals surface area contributed by atoms with E-state index in [1.807, 2.05) is 6.07 Å². The molecule has 31 heavy (non-hydrogen) atoms. The average molecular weight is 433 g/mol. The maximum absolute atomic E-state index is 14.8. The van der Waals surface area contributed by atoms with Gasteiger partial charge in [0, 0.05) is 38.2 Å². The normalized spacial score (nSPS) is 22.7. The van der Waals surface area contributed by atoms with Crippen molar-refractivity contribution in [1.29, 1.82) is 5.26 Å². The lowest BCUT2D eigenvalue weighted by atomic mass is 9.95. The largest absolute Gasteiger partial charge is 0.352 e. The molecule has 2 aliphatic rings. The molecule has 1 saturated carbocycles. The van der Waals surface area contributed by atoms with E-state index in [0.29, 0.717) is 5.82 Å². The number of aromatic nitrogens is 2. The number of nitrogens with zero attached hydrogens (tertiary/aromatic N) is 5. The summed E-state index contributed by atoms with van der Waals surface area (Å²) < 4.78 is 56.7. The molecule has 0 spiro atoms. The first-order valence-corrected chi connectivity index (χ1v) is 9.73. The van der Waals surface area contributed by atoms with Crippen molar-refractivity contribution in [3.05, 3.63) is 53.2 Å². The van der Waals surface area contributed by atoms with Crippen molar-refractivity contribution in [1.82, 2.24) is 15.1 Å². The van der Waals surface area contributed by atoms with Crippen molar-refractivity contribution in [3.8, 4) is 6.07 Å². The first-order chi connectivity index (χ1) is 14.6. The van der Waals surface area contributed by atoms with Gasteiger partial charge in [-0.3, -0.25) is 4.79 Å². The molecule has 0 N–H and O–H groups in total. The number of benzene rings is 1. The maximum Gasteiger partial charge on any atom is 0.349 e. The minimum absolute atomic E-state index is 0.0679. The topological polar surface area (TPSA) is 73.1 Å². The predicted molar refractivity (Wildman–Crippen MR) is 103 cm³/mol. The van der Waals surface area contributed by atoms with Gasteiger partial charge >= 0.3 is 5.92 Å². The van der Waals surface area contributed by atoms with E-state index in [2.05, 4.69) is 10.2 Å². The van der Waals surface area contributed by atoms with Crippen LogP contribution in [0.5, 0.6) is 0 Å². The molecular weight excluding hydrogens is 414 g/mol. The number of anilines is 1. The first-order valence-electron chi connectivity index (χ1n) is 9.73. The molecule has 1 aromatic heterocycles. The molecule has 4 rings (SSSR count). The minimum atomic E-state index is -3.76. The van der Waals surface area contributed by atoms with Crippen molar-refractivity contribution >= 4 is 11.7 Å². The zero-order valence-corrected chi connectivity index (χ0v) is 16.7. The molecule has 162 valence electrons. The van der Waals surface area contributed by atoms with Crippen molar-refractivity contribution in [3.63, 3.8) is 0 Å². The lowest BCUT2D eigenvalue weighted by Gasteiger charge is -2.36. The lowest BCUT2D eigenvalue weighted by Crippen LogP contribution is -2.52. The monoisotopic (exact) mass is 433 g/mol. The van der Waals surface area contributed by atoms with Gasteiger partial charge in [-0.05, 0) is 24.6 Å². The second-order valence-corrected chi connectivity index (χ2v) is 8.03. The Hall–Kier alpha value is -3.22. The van der Waals surface area contributed by atoms with Gasteiger partial charge in [0.25, 0.3) is 11.8 Å². The highest BCUT2D eigenvalue weighted by Crippen LogP contribution is 2.61. The number of hydrogen-bond donors (Lipinski definition) is 0. The highest BCUT2D eigenvalue weighted by atomic mass is 19.3. The number of alkyl halides is 4. The van der Waals surface area contributed by atoms with E-state index in [-0.39, 0.29) is 43.9 Å². The third-order valence-electron chi connectivity index (χ3n) is 6.07. The zero-order valence-electron chi connectivity index (χ0n) is 16.7. The zero-order chi connectivity index (χ0) is 22.4. The van der Waals surface area contributed by atoms with Crippen LogP contribution in [-0.4, -0.2) is 53.1 Å². The Bertz CT molecular complexity index is 1030. The van der Waals surface area contributed by atoms with Crippen molar-refractivity contribution in [2.24, 2.45) is 0 Å². The summed E-state index contributed by atoms with van der Waals surface area (Å²) >= 11 is 0. The standard InChI is InChI=1S/C21H19F4N5O/c1-19(13-20(19,22)23)14-2-4-15(5-3-14)21(24,25)18(31)30-10-8-29(9-11-30)17-7-6-16(12-26)27-28-17/h2-7H,8-11,13H2,1H3. The predicted octanol–water partition coefficient (Wildman–Crippen LogP) is 3.09. The van der Waals surface area contributed by atoms with Crippen LogP contribution in [0.1, 0.15) is 30.2 Å². The van der Waals surface area contributed by atoms with Crippen LogP contribution in [0.4, 0.5) is 23.4 Å². The third kappa shape index (κ3) is 3.58. The smallest absolute Gasteiger partial charge is 0.349 e. The molecule has 1 atom stereocenters. The van der Waals surface area contributed by atoms with Crippen LogP contribution in [0.3, 0.4) is 0 Å². The van der Waals surface area contributed by atoms with E-state index in [0.717, 1.165) is 17.0 Å². The third-order valence-corrected chi connectivity index (χ3v) is 6.07. The molecule has 1 unspecified atom stereocenters. The fraction of sp³-hybridized carbons (Fsp3) is 0.429. The van der Waals surface area contributed by atoms with Crippen LogP contribution >= 0.6 is 0 Å². The Morgan fingerprint density at radius 2 is 1.68 bits per heavy atom. The van der Waals surface area contributed by atoms with E-state index in [4.69, 9.17) is 5.26 Å². The lowest BCUT2D eigenvalue weighted by molar-refractivity contribution is -0.159. The van der Waals surface area contributed by atoms with Crippen LogP contribution < -0.4 is 4.90 Å². The van der Waals surface area contributed by atoms with Gasteiger partial charge in [0.1, 0.15) is 6.07 Å². The molecule has 1 amide bonds. The van der Waals surface area contributed by atoms with E-state index in [9.17, 15) is 22.4 Å². The first kappa shape index (κ1) is 21.0. The molecule has 1 saturated heterocycles. The number of carbonyl (C=O) groups is 1. The van der Waals surface area contributed by atoms with Gasteiger partial charge in [-0.2, -0.15) is 14.0 Å². The molecular formula is C21H19F4N5O. The number of amides is 1. The summed E-state index contributed by atoms with van der Waals surface area (Å²) in [6.07, 6.45) is -0.317. The van der Waals surface area contributed by atoms with Crippen LogP contribution in [-0.2, 0) is 16.1 Å². The highest BCUT2D eigenvalue weighted by molar-refractivity contribution is 5.85. The Morgan fingerprint density at radius 3 is 2.16 bits per heavy atom. The molecule has 2 fully saturated rings. The van der Waals surface area contributed by atoms with Gasteiger partial charge in [0.2, 0.25) is 0 Å². The minimum Gasteiger partial charge on any atom is -0.352 e. The van der Waals surface area contributed by atoms with E-state index in [1.165, 1.54) is 25.1 Å². The van der Waals surface area contributed by atoms with E-state index < -0.39 is 28.7 Å². The van der Waals surface area contributed by atoms with Crippen LogP contribution in [0.25, 0.3) is 0 Å². The van der Waals surface area contributed by atoms with Gasteiger partial charge in [-0.15, -0.1) is 10.2 Å². The molecule has 2 heterocycles. The fourth-order valence-corrected chi connectivity index (χ4v) is 3.77. The molecule has 1 aliphatic carbocycles. The second-order valence-electron chi connectivity index (χ2n) is 8.03. The Kier molecular flexibility index (Phi) is 4.87. The van der Waals surface area contributed by atoms with Crippen molar-refractivity contribution in [2.45, 2.75) is 30.6 Å². The summed E-state index contributed by atoms with van der Waals surface area (Å²) in [5.41, 5.74) is -1.41. The Balaban J connectivity index is 1.41. The van der Waals surface area contributed by atoms with Gasteiger partial charge in [-0.1, -0.05) is 24.3 Å². The maximum atomic E-state index is 14.8. The molecule has 2 aromatic rings. The van der Waals surface area contributed by atoms with Crippen molar-refractivity contribution < 1.29 is 22.4 Å². The summed E-state index contributed by atoms with van der Waals surface area (Å²) in [5.74, 6) is -7.43. The van der Waals surface area contributed by atoms with E-state index in [1.54, 1.807) is 11.0 Å². The summed E-state index contributed by atoms with van der Waals surface area (Å²) in [5, 5.41) is 16.4. The Morgan fingerprint density at radius 1 is 1.06 bits per heavy atom. The number of halogens is 4. The second kappa shape index (κ2) is 7.18. The fourth-order valence-electron chi connectivity index (χ4n) is 3.77. The summed E-state index contributed by atoms with van der Waals surface area (Å²) in [7, 11) is 0. The summed E-state index contributed by atoms with van der Waals surface area (Å²) in [6.45, 7) is 2.10. The molecule has 1 aromatic carbocycles. The van der Waals surface area contributed by atoms with Crippen LogP contribution in [0.15, 0.2) is 36.4 Å². The molecule has 10 heteroatoms. The average Bonchev–Trinajstić information content (AvgIpc) is 3.32. The molecule has 6 nitrogen and oxygen atoms in total. The van der Waals surface area contributed by atoms with Crippen LogP contribution in [0, 0.1) is 11.3 Å². The highest BCUT2D eigenvalue weighted by Gasteiger charge is 2.68. The quantitative estimate of drug-likeness (QED) is 0.693. The molecule has 0 radical (unpaired) electrons. The summed E-state index contributed by atoms with van der Waals surface area (Å²) in [4.78, 5) is 15.4. The molecule has 0 bridgehead atoms. The number of piperazine rings is 1.